The van der Waals surface area contributed by atoms with E-state index < -0.39 is 72.6 Å². The summed E-state index contributed by atoms with van der Waals surface area (Å²) >= 11 is 0. The molecular weight excluding hydrogens is 464 g/mol. The molecule has 200 valence electrons. The van der Waals surface area contributed by atoms with Crippen LogP contribution in [0.1, 0.15) is 58.8 Å². The molecule has 4 atom stereocenters. The molecule has 0 fully saturated rings. The van der Waals surface area contributed by atoms with E-state index in [4.69, 9.17) is 22.3 Å². The molecule has 14 nitrogen and oxygen atoms in total. The van der Waals surface area contributed by atoms with Gasteiger partial charge in [0.05, 0.1) is 12.5 Å². The molecule has 0 aromatic rings. The van der Waals surface area contributed by atoms with Crippen molar-refractivity contribution in [1.82, 2.24) is 16.0 Å². The Labute approximate surface area is 203 Å². The lowest BCUT2D eigenvalue weighted by Gasteiger charge is -2.25. The van der Waals surface area contributed by atoms with E-state index in [1.165, 1.54) is 0 Å². The SMILES string of the molecule is CC(C)CC(N)C(=O)NC(CC(N)=O)C(=O)NC(CCC(=O)O)C(=O)NC(CCCCN)C(=O)O. The number of carboxylic acid groups (broad SMARTS) is 2. The molecule has 0 saturated carbocycles. The summed E-state index contributed by atoms with van der Waals surface area (Å²) in [6.45, 7) is 4.02. The summed E-state index contributed by atoms with van der Waals surface area (Å²) in [5.41, 5.74) is 16.4. The van der Waals surface area contributed by atoms with Crippen molar-refractivity contribution in [3.8, 4) is 0 Å². The van der Waals surface area contributed by atoms with Crippen LogP contribution in [0.3, 0.4) is 0 Å². The van der Waals surface area contributed by atoms with Gasteiger partial charge in [-0.3, -0.25) is 24.0 Å². The van der Waals surface area contributed by atoms with Crippen LogP contribution in [0, 0.1) is 5.92 Å². The van der Waals surface area contributed by atoms with Crippen molar-refractivity contribution in [1.29, 1.82) is 0 Å². The second-order valence-corrected chi connectivity index (χ2v) is 8.65. The molecule has 0 aliphatic heterocycles. The van der Waals surface area contributed by atoms with E-state index >= 15 is 0 Å². The van der Waals surface area contributed by atoms with Crippen LogP contribution in [-0.4, -0.2) is 76.5 Å². The van der Waals surface area contributed by atoms with Crippen LogP contribution < -0.4 is 33.2 Å². The Bertz CT molecular complexity index is 760. The first-order chi connectivity index (χ1) is 16.3. The van der Waals surface area contributed by atoms with E-state index in [0.717, 1.165) is 0 Å². The fourth-order valence-corrected chi connectivity index (χ4v) is 3.14. The lowest BCUT2D eigenvalue weighted by Crippen LogP contribution is -2.57. The van der Waals surface area contributed by atoms with Gasteiger partial charge in [-0.25, -0.2) is 4.79 Å². The van der Waals surface area contributed by atoms with Crippen molar-refractivity contribution in [3.05, 3.63) is 0 Å². The fraction of sp³-hybridized carbons (Fsp3) is 0.714. The van der Waals surface area contributed by atoms with Crippen LogP contribution in [0.5, 0.6) is 0 Å². The molecule has 0 saturated heterocycles. The average molecular weight is 503 g/mol. The quantitative estimate of drug-likeness (QED) is 0.0935. The summed E-state index contributed by atoms with van der Waals surface area (Å²) in [7, 11) is 0. The molecule has 0 rings (SSSR count). The number of nitrogens with one attached hydrogen (secondary N) is 3. The summed E-state index contributed by atoms with van der Waals surface area (Å²) < 4.78 is 0. The van der Waals surface area contributed by atoms with E-state index in [1.54, 1.807) is 0 Å². The van der Waals surface area contributed by atoms with E-state index in [9.17, 15) is 33.9 Å². The molecule has 35 heavy (non-hydrogen) atoms. The maximum atomic E-state index is 12.8. The summed E-state index contributed by atoms with van der Waals surface area (Å²) in [6.07, 6.45) is -0.153. The standard InChI is InChI=1S/C21H38N6O8/c1-11(2)9-12(23)18(31)27-15(10-16(24)28)20(33)25-13(6-7-17(29)30)19(32)26-14(21(34)35)5-3-4-8-22/h11-15H,3-10,22-23H2,1-2H3,(H2,24,28)(H,25,33)(H,26,32)(H,27,31)(H,29,30)(H,34,35). The zero-order valence-electron chi connectivity index (χ0n) is 20.1. The highest BCUT2D eigenvalue weighted by Gasteiger charge is 2.31. The minimum absolute atomic E-state index is 0.0754. The number of primary amides is 1. The van der Waals surface area contributed by atoms with E-state index in [-0.39, 0.29) is 18.8 Å². The largest absolute Gasteiger partial charge is 0.481 e. The third kappa shape index (κ3) is 13.9. The highest BCUT2D eigenvalue weighted by atomic mass is 16.4. The van der Waals surface area contributed by atoms with Crippen LogP contribution in [0.2, 0.25) is 0 Å². The van der Waals surface area contributed by atoms with Crippen LogP contribution >= 0.6 is 0 Å². The number of unbranched alkanes of at least 4 members (excludes halogenated alkanes) is 1. The lowest BCUT2D eigenvalue weighted by atomic mass is 10.0. The average Bonchev–Trinajstić information content (AvgIpc) is 2.74. The van der Waals surface area contributed by atoms with Gasteiger partial charge in [-0.15, -0.1) is 0 Å². The lowest BCUT2D eigenvalue weighted by molar-refractivity contribution is -0.143. The highest BCUT2D eigenvalue weighted by Crippen LogP contribution is 2.07. The first-order valence-corrected chi connectivity index (χ1v) is 11.4. The molecule has 0 spiro atoms. The molecule has 4 unspecified atom stereocenters. The first kappa shape index (κ1) is 31.7. The Morgan fingerprint density at radius 1 is 0.800 bits per heavy atom. The number of carbonyl (C=O) groups is 6. The number of hydrogen-bond donors (Lipinski definition) is 8. The molecule has 0 aliphatic carbocycles. The van der Waals surface area contributed by atoms with Crippen molar-refractivity contribution in [2.45, 2.75) is 83.0 Å². The number of amides is 4. The predicted molar refractivity (Wildman–Crippen MR) is 124 cm³/mol. The molecule has 14 heteroatoms. The van der Waals surface area contributed by atoms with Gasteiger partial charge in [0.1, 0.15) is 18.1 Å². The zero-order chi connectivity index (χ0) is 27.1. The van der Waals surface area contributed by atoms with Crippen molar-refractivity contribution in [3.63, 3.8) is 0 Å². The Kier molecular flexibility index (Phi) is 14.9. The molecule has 0 heterocycles. The van der Waals surface area contributed by atoms with Gasteiger partial charge in [0.25, 0.3) is 0 Å². The van der Waals surface area contributed by atoms with Crippen LogP contribution in [-0.2, 0) is 28.8 Å². The zero-order valence-corrected chi connectivity index (χ0v) is 20.1. The van der Waals surface area contributed by atoms with Crippen molar-refractivity contribution in [2.24, 2.45) is 23.1 Å². The molecule has 4 amide bonds. The molecule has 0 aliphatic rings. The maximum Gasteiger partial charge on any atom is 0.326 e. The monoisotopic (exact) mass is 502 g/mol. The van der Waals surface area contributed by atoms with Gasteiger partial charge in [0, 0.05) is 6.42 Å². The van der Waals surface area contributed by atoms with E-state index in [0.29, 0.717) is 25.8 Å². The Morgan fingerprint density at radius 3 is 1.83 bits per heavy atom. The van der Waals surface area contributed by atoms with Crippen molar-refractivity contribution >= 4 is 35.6 Å². The Hall–Kier alpha value is -3.26. The molecule has 0 aromatic heterocycles. The van der Waals surface area contributed by atoms with Gasteiger partial charge >= 0.3 is 11.9 Å². The smallest absolute Gasteiger partial charge is 0.326 e. The van der Waals surface area contributed by atoms with E-state index in [2.05, 4.69) is 16.0 Å². The normalized spacial score (nSPS) is 14.3. The maximum absolute atomic E-state index is 12.8. The third-order valence-corrected chi connectivity index (χ3v) is 4.94. The minimum atomic E-state index is -1.47. The van der Waals surface area contributed by atoms with E-state index in [1.807, 2.05) is 13.8 Å². The fourth-order valence-electron chi connectivity index (χ4n) is 3.14. The second kappa shape index (κ2) is 16.4. The summed E-state index contributed by atoms with van der Waals surface area (Å²) in [6, 6.07) is -5.17. The molecular formula is C21H38N6O8. The summed E-state index contributed by atoms with van der Waals surface area (Å²) in [4.78, 5) is 71.9. The summed E-state index contributed by atoms with van der Waals surface area (Å²) in [5, 5.41) is 25.2. The molecule has 11 N–H and O–H groups in total. The molecule has 0 aromatic carbocycles. The third-order valence-electron chi connectivity index (χ3n) is 4.94. The Morgan fingerprint density at radius 2 is 1.34 bits per heavy atom. The number of carbonyl (C=O) groups excluding carboxylic acids is 4. The van der Waals surface area contributed by atoms with Gasteiger partial charge < -0.3 is 43.4 Å². The van der Waals surface area contributed by atoms with Crippen molar-refractivity contribution < 1.29 is 39.0 Å². The number of aliphatic carboxylic acids is 2. The number of carboxylic acids is 2. The van der Waals surface area contributed by atoms with Gasteiger partial charge in [-0.1, -0.05) is 13.8 Å². The summed E-state index contributed by atoms with van der Waals surface area (Å²) in [5.74, 6) is -6.02. The van der Waals surface area contributed by atoms with Gasteiger partial charge in [0.2, 0.25) is 23.6 Å². The van der Waals surface area contributed by atoms with Crippen molar-refractivity contribution in [2.75, 3.05) is 6.54 Å². The number of hydrogen-bond acceptors (Lipinski definition) is 8. The van der Waals surface area contributed by atoms with Gasteiger partial charge in [0.15, 0.2) is 0 Å². The second-order valence-electron chi connectivity index (χ2n) is 8.65. The van der Waals surface area contributed by atoms with Crippen LogP contribution in [0.25, 0.3) is 0 Å². The minimum Gasteiger partial charge on any atom is -0.481 e. The number of nitrogens with two attached hydrogens (primary N) is 3. The van der Waals surface area contributed by atoms with Gasteiger partial charge in [-0.05, 0) is 44.6 Å². The van der Waals surface area contributed by atoms with Crippen LogP contribution in [0.15, 0.2) is 0 Å². The Balaban J connectivity index is 5.54. The van der Waals surface area contributed by atoms with Crippen LogP contribution in [0.4, 0.5) is 0 Å². The predicted octanol–water partition coefficient (Wildman–Crippen LogP) is -2.23. The molecule has 0 bridgehead atoms. The number of rotatable bonds is 18. The highest BCUT2D eigenvalue weighted by molar-refractivity contribution is 5.96. The molecule has 0 radical (unpaired) electrons. The first-order valence-electron chi connectivity index (χ1n) is 11.4. The topological polar surface area (TPSA) is 257 Å². The van der Waals surface area contributed by atoms with Gasteiger partial charge in [-0.2, -0.15) is 0 Å².